The molecule has 1 aromatic rings. The molecule has 0 unspecified atom stereocenters. The summed E-state index contributed by atoms with van der Waals surface area (Å²) >= 11 is 5.66. The zero-order valence-corrected chi connectivity index (χ0v) is 43.1. The van der Waals surface area contributed by atoms with Crippen molar-refractivity contribution in [2.45, 2.75) is 148 Å². The Labute approximate surface area is 420 Å². The van der Waals surface area contributed by atoms with Gasteiger partial charge in [-0.15, -0.1) is 0 Å². The third-order valence-electron chi connectivity index (χ3n) is 11.3. The summed E-state index contributed by atoms with van der Waals surface area (Å²) in [4.78, 5) is 133. The van der Waals surface area contributed by atoms with Gasteiger partial charge in [0.25, 0.3) is 0 Å². The Morgan fingerprint density at radius 2 is 1.23 bits per heavy atom. The van der Waals surface area contributed by atoms with Gasteiger partial charge in [-0.2, -0.15) is 24.4 Å². The van der Waals surface area contributed by atoms with E-state index in [1.54, 1.807) is 30.3 Å². The van der Waals surface area contributed by atoms with Gasteiger partial charge in [-0.3, -0.25) is 43.2 Å². The topological polar surface area (TPSA) is 330 Å². The maximum Gasteiger partial charge on any atom is 0.326 e. The van der Waals surface area contributed by atoms with Crippen molar-refractivity contribution in [1.82, 2.24) is 42.1 Å². The van der Waals surface area contributed by atoms with Gasteiger partial charge in [-0.05, 0) is 80.3 Å². The van der Waals surface area contributed by atoms with E-state index in [1.165, 1.54) is 16.7 Å². The molecule has 0 radical (unpaired) electrons. The standard InChI is InChI=1S/C47H76N10O11S2/c1-26(2)20-32(53-40(60)30(48)15-16-38(49)58)42(62)52-31(17-19-70-7)46(66)57-18-11-14-37(57)45(65)55-34(23-29-12-9-8-10-13-29)41(61)50-24-39(59)51-36(25-69)44(64)54-33(21-27(3)4)43(63)56-35(47(67)68)22-28(5)6/h8-10,12-13,26-28,30-37,69H,11,14-25,48H2,1-7H3,(H2,49,58)(H,50,61)(H,51,59)(H,52,62)(H,53,60)(H,54,64)(H,55,65)(H,56,63)(H,67,68)/t30-,31-,32-,33-,34-,35-,36-,37-/m0/s1. The maximum atomic E-state index is 14.3. The minimum atomic E-state index is -1.26. The molecular weight excluding hydrogens is 945 g/mol. The average molecular weight is 1020 g/mol. The summed E-state index contributed by atoms with van der Waals surface area (Å²) in [6.07, 6.45) is 3.15. The van der Waals surface area contributed by atoms with Crippen LogP contribution >= 0.6 is 24.4 Å². The van der Waals surface area contributed by atoms with Crippen molar-refractivity contribution < 1.29 is 53.1 Å². The average Bonchev–Trinajstić information content (AvgIpc) is 3.79. The molecule has 1 aliphatic rings. The molecule has 392 valence electrons. The van der Waals surface area contributed by atoms with E-state index in [4.69, 9.17) is 11.5 Å². The van der Waals surface area contributed by atoms with Crippen molar-refractivity contribution in [3.63, 3.8) is 0 Å². The van der Waals surface area contributed by atoms with Gasteiger partial charge in [0.05, 0.1) is 12.6 Å². The Kier molecular flexibility index (Phi) is 26.9. The van der Waals surface area contributed by atoms with Gasteiger partial charge in [0, 0.05) is 25.1 Å². The number of carbonyl (C=O) groups is 10. The van der Waals surface area contributed by atoms with Crippen LogP contribution in [-0.2, 0) is 54.4 Å². The summed E-state index contributed by atoms with van der Waals surface area (Å²) in [5.41, 5.74) is 11.8. The quantitative estimate of drug-likeness (QED) is 0.0428. The van der Waals surface area contributed by atoms with Crippen LogP contribution in [0.1, 0.15) is 98.5 Å². The summed E-state index contributed by atoms with van der Waals surface area (Å²) in [5, 5.41) is 28.0. The highest BCUT2D eigenvalue weighted by molar-refractivity contribution is 7.98. The number of carboxylic acids is 1. The van der Waals surface area contributed by atoms with Crippen LogP contribution in [0.25, 0.3) is 0 Å². The third kappa shape index (κ3) is 21.7. The van der Waals surface area contributed by atoms with Crippen LogP contribution < -0.4 is 48.7 Å². The Morgan fingerprint density at radius 3 is 1.76 bits per heavy atom. The molecule has 1 fully saturated rings. The van der Waals surface area contributed by atoms with Gasteiger partial charge in [0.2, 0.25) is 53.2 Å². The number of nitrogens with zero attached hydrogens (tertiary/aromatic N) is 1. The minimum Gasteiger partial charge on any atom is -0.480 e. The van der Waals surface area contributed by atoms with Gasteiger partial charge in [0.15, 0.2) is 0 Å². The number of likely N-dealkylation sites (tertiary alicyclic amines) is 1. The largest absolute Gasteiger partial charge is 0.480 e. The van der Waals surface area contributed by atoms with E-state index >= 15 is 0 Å². The van der Waals surface area contributed by atoms with E-state index in [2.05, 4.69) is 49.8 Å². The molecule has 1 heterocycles. The Hall–Kier alpha value is -5.42. The number of primary amides is 1. The number of benzene rings is 1. The molecule has 0 aromatic heterocycles. The molecule has 2 rings (SSSR count). The van der Waals surface area contributed by atoms with E-state index in [-0.39, 0.29) is 81.4 Å². The number of hydrogen-bond acceptors (Lipinski definition) is 13. The normalized spacial score (nSPS) is 16.5. The molecule has 9 amide bonds. The van der Waals surface area contributed by atoms with Crippen molar-refractivity contribution in [3.8, 4) is 0 Å². The van der Waals surface area contributed by atoms with E-state index in [0.29, 0.717) is 17.7 Å². The Bertz CT molecular complexity index is 1940. The number of nitrogens with one attached hydrogen (secondary N) is 7. The monoisotopic (exact) mass is 1020 g/mol. The van der Waals surface area contributed by atoms with Crippen molar-refractivity contribution in [2.75, 3.05) is 30.9 Å². The zero-order valence-electron chi connectivity index (χ0n) is 41.4. The van der Waals surface area contributed by atoms with Crippen molar-refractivity contribution in [3.05, 3.63) is 35.9 Å². The van der Waals surface area contributed by atoms with Crippen LogP contribution in [0.4, 0.5) is 0 Å². The summed E-state index contributed by atoms with van der Waals surface area (Å²) < 4.78 is 0. The molecular formula is C47H76N10O11S2. The first kappa shape index (κ1) is 60.7. The number of rotatable bonds is 31. The molecule has 0 bridgehead atoms. The molecule has 12 N–H and O–H groups in total. The van der Waals surface area contributed by atoms with Crippen LogP contribution in [0, 0.1) is 17.8 Å². The predicted molar refractivity (Wildman–Crippen MR) is 269 cm³/mol. The highest BCUT2D eigenvalue weighted by atomic mass is 32.2. The third-order valence-corrected chi connectivity index (χ3v) is 12.3. The fourth-order valence-electron chi connectivity index (χ4n) is 7.68. The summed E-state index contributed by atoms with van der Waals surface area (Å²) in [6, 6.07) is -0.260. The lowest BCUT2D eigenvalue weighted by Gasteiger charge is -2.31. The first-order valence-electron chi connectivity index (χ1n) is 23.8. The van der Waals surface area contributed by atoms with Gasteiger partial charge in [-0.25, -0.2) is 4.79 Å². The van der Waals surface area contributed by atoms with E-state index in [1.807, 2.05) is 47.8 Å². The second-order valence-corrected chi connectivity index (χ2v) is 20.2. The SMILES string of the molecule is CSCC[C@H](NC(=O)[C@H](CC(C)C)NC(=O)[C@@H](N)CCC(N)=O)C(=O)N1CCC[C@H]1C(=O)N[C@@H](Cc1ccccc1)C(=O)NCC(=O)N[C@@H](CS)C(=O)N[C@@H](CC(C)C)C(=O)N[C@@H](CC(C)C)C(=O)O. The number of carboxylic acid groups (broad SMARTS) is 1. The molecule has 0 spiro atoms. The number of thioether (sulfide) groups is 1. The molecule has 1 aliphatic heterocycles. The Balaban J connectivity index is 2.23. The molecule has 8 atom stereocenters. The van der Waals surface area contributed by atoms with Crippen molar-refractivity contribution >= 4 is 83.5 Å². The second-order valence-electron chi connectivity index (χ2n) is 18.8. The summed E-state index contributed by atoms with van der Waals surface area (Å²) in [7, 11) is 0. The lowest BCUT2D eigenvalue weighted by molar-refractivity contribution is -0.143. The number of thiol groups is 1. The van der Waals surface area contributed by atoms with Crippen LogP contribution in [0.2, 0.25) is 0 Å². The number of amides is 9. The van der Waals surface area contributed by atoms with Crippen LogP contribution in [0.3, 0.4) is 0 Å². The molecule has 0 saturated carbocycles. The molecule has 1 saturated heterocycles. The van der Waals surface area contributed by atoms with Gasteiger partial charge < -0.3 is 58.7 Å². The molecule has 23 heteroatoms. The van der Waals surface area contributed by atoms with E-state index < -0.39 is 114 Å². The maximum absolute atomic E-state index is 14.3. The number of aliphatic carboxylic acids is 1. The fourth-order valence-corrected chi connectivity index (χ4v) is 8.41. The lowest BCUT2D eigenvalue weighted by atomic mass is 10.0. The van der Waals surface area contributed by atoms with Crippen LogP contribution in [-0.4, -0.2) is 148 Å². The first-order valence-corrected chi connectivity index (χ1v) is 25.8. The van der Waals surface area contributed by atoms with Crippen LogP contribution in [0.15, 0.2) is 30.3 Å². The molecule has 21 nitrogen and oxygen atoms in total. The Morgan fingerprint density at radius 1 is 0.700 bits per heavy atom. The highest BCUT2D eigenvalue weighted by Crippen LogP contribution is 2.21. The highest BCUT2D eigenvalue weighted by Gasteiger charge is 2.40. The van der Waals surface area contributed by atoms with Crippen molar-refractivity contribution in [1.29, 1.82) is 0 Å². The molecule has 0 aliphatic carbocycles. The van der Waals surface area contributed by atoms with E-state index in [9.17, 15) is 53.1 Å². The van der Waals surface area contributed by atoms with Crippen molar-refractivity contribution in [2.24, 2.45) is 29.2 Å². The lowest BCUT2D eigenvalue weighted by Crippen LogP contribution is -2.59. The number of hydrogen-bond donors (Lipinski definition) is 11. The molecule has 1 aromatic carbocycles. The number of carbonyl (C=O) groups excluding carboxylic acids is 9. The van der Waals surface area contributed by atoms with Gasteiger partial charge in [0.1, 0.15) is 42.3 Å². The van der Waals surface area contributed by atoms with Gasteiger partial charge in [-0.1, -0.05) is 71.9 Å². The van der Waals surface area contributed by atoms with Gasteiger partial charge >= 0.3 is 5.97 Å². The van der Waals surface area contributed by atoms with E-state index in [0.717, 1.165) is 0 Å². The summed E-state index contributed by atoms with van der Waals surface area (Å²) in [5.74, 6) is -7.16. The summed E-state index contributed by atoms with van der Waals surface area (Å²) in [6.45, 7) is 10.6. The zero-order chi connectivity index (χ0) is 52.7. The fraction of sp³-hybridized carbons (Fsp3) is 0.660. The smallest absolute Gasteiger partial charge is 0.326 e. The second kappa shape index (κ2) is 31.0. The number of nitrogens with two attached hydrogens (primary N) is 2. The molecule has 70 heavy (non-hydrogen) atoms. The first-order chi connectivity index (χ1) is 33.0. The minimum absolute atomic E-state index is 0.00310. The predicted octanol–water partition coefficient (Wildman–Crippen LogP) is -0.256. The van der Waals surface area contributed by atoms with Crippen LogP contribution in [0.5, 0.6) is 0 Å².